The van der Waals surface area contributed by atoms with E-state index in [-0.39, 0.29) is 0 Å². The molecule has 1 aromatic carbocycles. The average molecular weight is 345 g/mol. The van der Waals surface area contributed by atoms with Crippen molar-refractivity contribution in [3.63, 3.8) is 0 Å². The molecule has 0 saturated carbocycles. The fourth-order valence-corrected chi connectivity index (χ4v) is 2.76. The van der Waals surface area contributed by atoms with Crippen LogP contribution in [0.25, 0.3) is 0 Å². The minimum atomic E-state index is -4.40. The third-order valence-electron chi connectivity index (χ3n) is 4.02. The van der Waals surface area contributed by atoms with E-state index in [0.717, 1.165) is 0 Å². The summed E-state index contributed by atoms with van der Waals surface area (Å²) in [6, 6.07) is 6.98. The van der Waals surface area contributed by atoms with Crippen LogP contribution >= 0.6 is 0 Å². The summed E-state index contributed by atoms with van der Waals surface area (Å²) >= 11 is 0. The largest absolute Gasteiger partial charge is 0.405 e. The third kappa shape index (κ3) is 4.93. The zero-order valence-electron chi connectivity index (χ0n) is 13.5. The molecule has 1 amide bonds. The molecule has 5 nitrogen and oxygen atoms in total. The van der Waals surface area contributed by atoms with Crippen molar-refractivity contribution in [1.29, 1.82) is 0 Å². The lowest BCUT2D eigenvalue weighted by Crippen LogP contribution is -2.57. The second-order valence-electron chi connectivity index (χ2n) is 5.61. The highest BCUT2D eigenvalue weighted by Crippen LogP contribution is 2.25. The molecule has 1 aliphatic heterocycles. The first-order valence-electron chi connectivity index (χ1n) is 7.80. The van der Waals surface area contributed by atoms with Gasteiger partial charge < -0.3 is 15.4 Å². The maximum Gasteiger partial charge on any atom is 0.405 e. The van der Waals surface area contributed by atoms with Crippen LogP contribution in [0.5, 0.6) is 0 Å². The number of carbonyl (C=O) groups is 1. The van der Waals surface area contributed by atoms with Crippen LogP contribution in [0.1, 0.15) is 11.7 Å². The second kappa shape index (κ2) is 8.46. The smallest absolute Gasteiger partial charge is 0.367 e. The molecule has 1 aromatic rings. The average Bonchev–Trinajstić information content (AvgIpc) is 2.56. The van der Waals surface area contributed by atoms with Crippen molar-refractivity contribution < 1.29 is 22.7 Å². The standard InChI is InChI=1S/C16H22F3N3O2/c1-24-14(12-5-3-2-4-6-12)15(23)21-11-13(16(17,18)19)22-9-7-20-8-10-22/h2-6,13-14,20H,7-11H2,1H3,(H,21,23). The molecule has 2 rings (SSSR count). The van der Waals surface area contributed by atoms with Gasteiger partial charge in [-0.15, -0.1) is 0 Å². The van der Waals surface area contributed by atoms with E-state index in [1.165, 1.54) is 12.0 Å². The number of methoxy groups -OCH3 is 1. The summed E-state index contributed by atoms with van der Waals surface area (Å²) in [5.41, 5.74) is 0.600. The molecule has 2 N–H and O–H groups in total. The van der Waals surface area contributed by atoms with Crippen molar-refractivity contribution in [2.45, 2.75) is 18.3 Å². The van der Waals surface area contributed by atoms with Crippen LogP contribution < -0.4 is 10.6 Å². The molecular formula is C16H22F3N3O2. The molecule has 24 heavy (non-hydrogen) atoms. The number of nitrogens with zero attached hydrogens (tertiary/aromatic N) is 1. The molecule has 0 aromatic heterocycles. The minimum absolute atomic E-state index is 0.298. The van der Waals surface area contributed by atoms with Gasteiger partial charge in [-0.25, -0.2) is 0 Å². The first-order valence-corrected chi connectivity index (χ1v) is 7.80. The number of hydrogen-bond acceptors (Lipinski definition) is 4. The zero-order valence-corrected chi connectivity index (χ0v) is 13.5. The number of alkyl halides is 3. The third-order valence-corrected chi connectivity index (χ3v) is 4.02. The number of ether oxygens (including phenoxy) is 1. The van der Waals surface area contributed by atoms with E-state index in [0.29, 0.717) is 31.7 Å². The van der Waals surface area contributed by atoms with Crippen LogP contribution in [0.15, 0.2) is 30.3 Å². The van der Waals surface area contributed by atoms with E-state index in [1.807, 2.05) is 0 Å². The highest BCUT2D eigenvalue weighted by molar-refractivity contribution is 5.82. The normalized spacial score (nSPS) is 18.8. The van der Waals surface area contributed by atoms with Gasteiger partial charge in [-0.1, -0.05) is 30.3 Å². The summed E-state index contributed by atoms with van der Waals surface area (Å²) < 4.78 is 45.1. The molecule has 2 atom stereocenters. The van der Waals surface area contributed by atoms with Crippen LogP contribution in [0.2, 0.25) is 0 Å². The monoisotopic (exact) mass is 345 g/mol. The first kappa shape index (κ1) is 18.7. The number of carbonyl (C=O) groups excluding carboxylic acids is 1. The lowest BCUT2D eigenvalue weighted by atomic mass is 10.1. The van der Waals surface area contributed by atoms with Gasteiger partial charge in [0.25, 0.3) is 5.91 Å². The molecule has 0 aliphatic carbocycles. The number of piperazine rings is 1. The predicted octanol–water partition coefficient (Wildman–Crippen LogP) is 1.33. The summed E-state index contributed by atoms with van der Waals surface area (Å²) in [7, 11) is 1.36. The molecular weight excluding hydrogens is 323 g/mol. The van der Waals surface area contributed by atoms with Crippen LogP contribution in [0.4, 0.5) is 13.2 Å². The molecule has 8 heteroatoms. The van der Waals surface area contributed by atoms with Gasteiger partial charge in [-0.3, -0.25) is 9.69 Å². The molecule has 134 valence electrons. The van der Waals surface area contributed by atoms with Crippen molar-refractivity contribution >= 4 is 5.91 Å². The van der Waals surface area contributed by atoms with E-state index in [4.69, 9.17) is 4.74 Å². The molecule has 1 saturated heterocycles. The maximum atomic E-state index is 13.3. The van der Waals surface area contributed by atoms with Crippen molar-refractivity contribution in [2.75, 3.05) is 39.8 Å². The van der Waals surface area contributed by atoms with E-state index in [2.05, 4.69) is 10.6 Å². The highest BCUT2D eigenvalue weighted by atomic mass is 19.4. The summed E-state index contributed by atoms with van der Waals surface area (Å²) in [5.74, 6) is -0.576. The first-order chi connectivity index (χ1) is 11.4. The summed E-state index contributed by atoms with van der Waals surface area (Å²) in [6.07, 6.45) is -5.33. The molecule has 1 heterocycles. The van der Waals surface area contributed by atoms with Crippen molar-refractivity contribution in [1.82, 2.24) is 15.5 Å². The van der Waals surface area contributed by atoms with Gasteiger partial charge in [0, 0.05) is 39.8 Å². The van der Waals surface area contributed by atoms with Gasteiger partial charge in [0.05, 0.1) is 0 Å². The fourth-order valence-electron chi connectivity index (χ4n) is 2.76. The Kier molecular flexibility index (Phi) is 6.59. The van der Waals surface area contributed by atoms with Gasteiger partial charge in [-0.2, -0.15) is 13.2 Å². The Balaban J connectivity index is 2.00. The Morgan fingerprint density at radius 1 is 1.29 bits per heavy atom. The molecule has 1 aliphatic rings. The van der Waals surface area contributed by atoms with Crippen molar-refractivity contribution in [2.24, 2.45) is 0 Å². The van der Waals surface area contributed by atoms with E-state index < -0.39 is 30.8 Å². The predicted molar refractivity (Wildman–Crippen MR) is 83.5 cm³/mol. The van der Waals surface area contributed by atoms with Crippen molar-refractivity contribution in [3.05, 3.63) is 35.9 Å². The quantitative estimate of drug-likeness (QED) is 0.817. The molecule has 1 fully saturated rings. The minimum Gasteiger partial charge on any atom is -0.367 e. The number of halogens is 3. The van der Waals surface area contributed by atoms with E-state index >= 15 is 0 Å². The Morgan fingerprint density at radius 3 is 2.46 bits per heavy atom. The van der Waals surface area contributed by atoms with Crippen LogP contribution in [-0.4, -0.2) is 62.9 Å². The topological polar surface area (TPSA) is 53.6 Å². The SMILES string of the molecule is COC(C(=O)NCC(N1CCNCC1)C(F)(F)F)c1ccccc1. The summed E-state index contributed by atoms with van der Waals surface area (Å²) in [5, 5.41) is 5.41. The van der Waals surface area contributed by atoms with Crippen LogP contribution in [0.3, 0.4) is 0 Å². The Bertz CT molecular complexity index is 519. The Morgan fingerprint density at radius 2 is 1.92 bits per heavy atom. The number of amides is 1. The summed E-state index contributed by atoms with van der Waals surface area (Å²) in [6.45, 7) is 1.12. The van der Waals surface area contributed by atoms with Gasteiger partial charge >= 0.3 is 6.18 Å². The van der Waals surface area contributed by atoms with Gasteiger partial charge in [0.15, 0.2) is 6.10 Å². The summed E-state index contributed by atoms with van der Waals surface area (Å²) in [4.78, 5) is 13.6. The lowest BCUT2D eigenvalue weighted by molar-refractivity contribution is -0.184. The molecule has 0 bridgehead atoms. The van der Waals surface area contributed by atoms with E-state index in [9.17, 15) is 18.0 Å². The van der Waals surface area contributed by atoms with Gasteiger partial charge in [0.1, 0.15) is 6.04 Å². The molecule has 0 spiro atoms. The van der Waals surface area contributed by atoms with Gasteiger partial charge in [0.2, 0.25) is 0 Å². The number of rotatable bonds is 6. The molecule has 0 radical (unpaired) electrons. The number of hydrogen-bond donors (Lipinski definition) is 2. The highest BCUT2D eigenvalue weighted by Gasteiger charge is 2.44. The van der Waals surface area contributed by atoms with E-state index in [1.54, 1.807) is 30.3 Å². The number of nitrogens with one attached hydrogen (secondary N) is 2. The fraction of sp³-hybridized carbons (Fsp3) is 0.562. The number of benzene rings is 1. The van der Waals surface area contributed by atoms with Gasteiger partial charge in [-0.05, 0) is 5.56 Å². The van der Waals surface area contributed by atoms with Crippen LogP contribution in [0, 0.1) is 0 Å². The Labute approximate surface area is 139 Å². The Hall–Kier alpha value is -1.64. The second-order valence-corrected chi connectivity index (χ2v) is 5.61. The van der Waals surface area contributed by atoms with Crippen LogP contribution in [-0.2, 0) is 9.53 Å². The molecule has 2 unspecified atom stereocenters. The zero-order chi connectivity index (χ0) is 17.6. The maximum absolute atomic E-state index is 13.3. The van der Waals surface area contributed by atoms with Crippen molar-refractivity contribution in [3.8, 4) is 0 Å². The lowest BCUT2D eigenvalue weighted by Gasteiger charge is -2.36.